The normalized spacial score (nSPS) is 14.8. The van der Waals surface area contributed by atoms with Crippen LogP contribution in [0.25, 0.3) is 0 Å². The highest BCUT2D eigenvalue weighted by Crippen LogP contribution is 2.40. The Bertz CT molecular complexity index is 3440. The van der Waals surface area contributed by atoms with Gasteiger partial charge in [-0.25, -0.2) is 0 Å². The minimum Gasteiger partial charge on any atom is -0.493 e. The zero-order valence-electron chi connectivity index (χ0n) is 48.2. The molecule has 0 N–H and O–H groups in total. The summed E-state index contributed by atoms with van der Waals surface area (Å²) >= 11 is 0. The van der Waals surface area contributed by atoms with Crippen molar-refractivity contribution < 1.29 is 57.3 Å². The summed E-state index contributed by atoms with van der Waals surface area (Å²) in [5, 5.41) is 0. The maximum absolute atomic E-state index is 13.4. The summed E-state index contributed by atoms with van der Waals surface area (Å²) in [6.45, 7) is 1.22. The molecule has 8 aromatic carbocycles. The van der Waals surface area contributed by atoms with Crippen molar-refractivity contribution >= 4 is 47.3 Å². The Kier molecular flexibility index (Phi) is 15.8. The predicted molar refractivity (Wildman–Crippen MR) is 325 cm³/mol. The summed E-state index contributed by atoms with van der Waals surface area (Å²) in [5.41, 5.74) is 9.69. The van der Waals surface area contributed by atoms with Crippen LogP contribution in [-0.4, -0.2) is 119 Å². The van der Waals surface area contributed by atoms with Crippen LogP contribution < -0.4 is 18.9 Å². The van der Waals surface area contributed by atoms with Crippen LogP contribution in [0.1, 0.15) is 153 Å². The minimum absolute atomic E-state index is 0.143. The van der Waals surface area contributed by atoms with Gasteiger partial charge < -0.3 is 18.9 Å². The number of benzene rings is 8. The van der Waals surface area contributed by atoms with Gasteiger partial charge in [-0.2, -0.15) is 0 Å². The summed E-state index contributed by atoms with van der Waals surface area (Å²) < 4.78 is 27.5. The fourth-order valence-corrected chi connectivity index (χ4v) is 12.6. The quantitative estimate of drug-likeness (QED) is 0.0520. The van der Waals surface area contributed by atoms with E-state index in [0.29, 0.717) is 119 Å². The lowest BCUT2D eigenvalue weighted by atomic mass is 9.91. The minimum atomic E-state index is -0.341. The van der Waals surface area contributed by atoms with Crippen molar-refractivity contribution in [3.63, 3.8) is 0 Å². The van der Waals surface area contributed by atoms with Crippen molar-refractivity contribution in [2.24, 2.45) is 0 Å². The molecule has 8 amide bonds. The number of hydrogen-bond donors (Lipinski definition) is 0. The molecule has 16 nitrogen and oxygen atoms in total. The van der Waals surface area contributed by atoms with Gasteiger partial charge in [0.05, 0.1) is 70.9 Å². The van der Waals surface area contributed by atoms with Gasteiger partial charge in [0.25, 0.3) is 47.3 Å². The third kappa shape index (κ3) is 10.7. The average Bonchev–Trinajstić information content (AvgIpc) is 4.33. The maximum Gasteiger partial charge on any atom is 0.261 e. The van der Waals surface area contributed by atoms with E-state index in [9.17, 15) is 38.4 Å². The molecule has 8 aromatic rings. The van der Waals surface area contributed by atoms with Crippen molar-refractivity contribution in [2.75, 3.05) is 52.6 Å². The number of fused-ring (bicyclic) bond motifs is 12. The largest absolute Gasteiger partial charge is 0.493 e. The van der Waals surface area contributed by atoms with E-state index in [1.54, 1.807) is 97.1 Å². The highest BCUT2D eigenvalue weighted by molar-refractivity contribution is 6.23. The van der Waals surface area contributed by atoms with Crippen molar-refractivity contribution in [1.29, 1.82) is 0 Å². The molecule has 0 fully saturated rings. The Morgan fingerprint density at radius 1 is 0.227 bits per heavy atom. The van der Waals surface area contributed by atoms with Gasteiger partial charge in [0, 0.05) is 51.9 Å². The van der Waals surface area contributed by atoms with Gasteiger partial charge in [-0.05, 0) is 119 Å². The van der Waals surface area contributed by atoms with E-state index in [2.05, 4.69) is 0 Å². The SMILES string of the molecule is O=C1c2ccccc2C(=O)N1CCCOc1c2cccc1Cc1cccc(c1OCCCN1C(=O)c3ccccc3C1=O)Cc1cccc(c1OCCCN1C(=O)c3ccccc3C1=O)Cc1cccc(c1OCCCN1C(=O)c3ccccc3C1=O)C2. The molecular formula is C72H60N4O12. The van der Waals surface area contributed by atoms with Crippen LogP contribution in [0.15, 0.2) is 170 Å². The lowest BCUT2D eigenvalue weighted by Crippen LogP contribution is -2.31. The van der Waals surface area contributed by atoms with Crippen LogP contribution >= 0.6 is 0 Å². The zero-order chi connectivity index (χ0) is 60.4. The lowest BCUT2D eigenvalue weighted by Gasteiger charge is -2.23. The van der Waals surface area contributed by atoms with E-state index in [-0.39, 0.29) is 99.9 Å². The second kappa shape index (κ2) is 24.5. The van der Waals surface area contributed by atoms with Crippen LogP contribution in [-0.2, 0) is 25.7 Å². The van der Waals surface area contributed by atoms with Crippen molar-refractivity contribution in [3.05, 3.63) is 259 Å². The van der Waals surface area contributed by atoms with E-state index in [4.69, 9.17) is 18.9 Å². The van der Waals surface area contributed by atoms with Crippen molar-refractivity contribution in [3.8, 4) is 23.0 Å². The van der Waals surface area contributed by atoms with Gasteiger partial charge in [0.2, 0.25) is 0 Å². The topological polar surface area (TPSA) is 186 Å². The number of imide groups is 4. The molecule has 4 heterocycles. The monoisotopic (exact) mass is 1170 g/mol. The van der Waals surface area contributed by atoms with E-state index in [1.807, 2.05) is 72.8 Å². The number of carbonyl (C=O) groups excluding carboxylic acids is 8. The summed E-state index contributed by atoms with van der Waals surface area (Å²) in [7, 11) is 0. The van der Waals surface area contributed by atoms with E-state index in [1.165, 1.54) is 19.6 Å². The summed E-state index contributed by atoms with van der Waals surface area (Å²) in [4.78, 5) is 112. The third-order valence-electron chi connectivity index (χ3n) is 16.8. The molecular weight excluding hydrogens is 1110 g/mol. The van der Waals surface area contributed by atoms with Crippen LogP contribution in [0.5, 0.6) is 23.0 Å². The molecule has 0 saturated carbocycles. The first-order valence-corrected chi connectivity index (χ1v) is 29.8. The maximum atomic E-state index is 13.4. The van der Waals surface area contributed by atoms with Gasteiger partial charge in [0.1, 0.15) is 23.0 Å². The fraction of sp³-hybridized carbons (Fsp3) is 0.222. The van der Waals surface area contributed by atoms with Crippen molar-refractivity contribution in [2.45, 2.75) is 51.4 Å². The fourth-order valence-electron chi connectivity index (χ4n) is 12.6. The molecule has 4 aliphatic heterocycles. The van der Waals surface area contributed by atoms with Gasteiger partial charge in [-0.15, -0.1) is 0 Å². The lowest BCUT2D eigenvalue weighted by molar-refractivity contribution is 0.0630. The molecule has 0 atom stereocenters. The van der Waals surface area contributed by atoms with Gasteiger partial charge in [-0.3, -0.25) is 58.0 Å². The Hall–Kier alpha value is -10.5. The molecule has 0 unspecified atom stereocenters. The second-order valence-electron chi connectivity index (χ2n) is 22.4. The smallest absolute Gasteiger partial charge is 0.261 e. The number of ether oxygens (including phenoxy) is 4. The molecule has 0 saturated heterocycles. The van der Waals surface area contributed by atoms with E-state index >= 15 is 0 Å². The Balaban J connectivity index is 0.837. The number of nitrogens with zero attached hydrogens (tertiary/aromatic N) is 4. The Labute approximate surface area is 507 Å². The number of para-hydroxylation sites is 4. The predicted octanol–water partition coefficient (Wildman–Crippen LogP) is 10.6. The molecule has 0 spiro atoms. The number of hydrogen-bond acceptors (Lipinski definition) is 12. The van der Waals surface area contributed by atoms with Crippen LogP contribution in [0.2, 0.25) is 0 Å². The van der Waals surface area contributed by atoms with Gasteiger partial charge >= 0.3 is 0 Å². The van der Waals surface area contributed by atoms with Gasteiger partial charge in [-0.1, -0.05) is 121 Å². The molecule has 0 aromatic heterocycles. The molecule has 13 rings (SSSR count). The molecule has 16 heteroatoms. The molecule has 1 aliphatic carbocycles. The highest BCUT2D eigenvalue weighted by atomic mass is 16.5. The molecule has 0 radical (unpaired) electrons. The molecule has 5 aliphatic rings. The first-order valence-electron chi connectivity index (χ1n) is 29.8. The third-order valence-corrected chi connectivity index (χ3v) is 16.8. The Morgan fingerprint density at radius 2 is 0.386 bits per heavy atom. The molecule has 8 bridgehead atoms. The number of carbonyl (C=O) groups is 8. The van der Waals surface area contributed by atoms with Crippen LogP contribution in [0, 0.1) is 0 Å². The van der Waals surface area contributed by atoms with Crippen LogP contribution in [0.4, 0.5) is 0 Å². The average molecular weight is 1170 g/mol. The highest BCUT2D eigenvalue weighted by Gasteiger charge is 2.38. The number of amides is 8. The molecule has 88 heavy (non-hydrogen) atoms. The summed E-state index contributed by atoms with van der Waals surface area (Å²) in [5.74, 6) is -0.274. The Morgan fingerprint density at radius 3 is 0.545 bits per heavy atom. The first-order chi connectivity index (χ1) is 43.0. The summed E-state index contributed by atoms with van der Waals surface area (Å²) in [6.07, 6.45) is 2.74. The van der Waals surface area contributed by atoms with E-state index < -0.39 is 0 Å². The van der Waals surface area contributed by atoms with Crippen LogP contribution in [0.3, 0.4) is 0 Å². The molecule has 440 valence electrons. The second-order valence-corrected chi connectivity index (χ2v) is 22.4. The van der Waals surface area contributed by atoms with Crippen molar-refractivity contribution in [1.82, 2.24) is 19.6 Å². The summed E-state index contributed by atoms with van der Waals surface area (Å²) in [6, 6.07) is 51.3. The standard InChI is InChI=1S/C72H60N4O12/c77-65-53-25-1-2-26-54(53)66(78)73(65)33-13-37-85-61-45-17-9-18-46(61)42-48-20-11-22-50(63(48)87-39-15-35-75-69(81)57-29-5-6-30-58(57)70(75)82)44-52-24-12-23-51(64(52)88-40-16-36-76-71(83)59-31-7-8-32-60(59)72(76)84)43-49-21-10-19-47(41-45)62(49)86-38-14-34-74-67(79)55-27-3-4-28-56(55)68(74)80/h1-12,17-32H,13-16,33-44H2. The van der Waals surface area contributed by atoms with E-state index in [0.717, 1.165) is 44.5 Å². The number of rotatable bonds is 20. The first kappa shape index (κ1) is 56.6. The van der Waals surface area contributed by atoms with Gasteiger partial charge in [0.15, 0.2) is 0 Å². The zero-order valence-corrected chi connectivity index (χ0v) is 48.2.